The minimum Gasteiger partial charge on any atom is -0.250 e. The van der Waals surface area contributed by atoms with Crippen molar-refractivity contribution in [1.82, 2.24) is 9.78 Å². The third kappa shape index (κ3) is 2.22. The molecule has 2 aliphatic rings. The molecule has 0 saturated heterocycles. The Kier molecular flexibility index (Phi) is 3.36. The molecule has 1 aromatic heterocycles. The average Bonchev–Trinajstić information content (AvgIpc) is 3.15. The van der Waals surface area contributed by atoms with Crippen molar-refractivity contribution in [1.29, 1.82) is 0 Å². The molecule has 1 aromatic rings. The van der Waals surface area contributed by atoms with Crippen molar-refractivity contribution in [2.45, 2.75) is 62.8 Å². The molecule has 2 aliphatic carbocycles. The lowest BCUT2D eigenvalue weighted by molar-refractivity contribution is 0.328. The second-order valence-corrected chi connectivity index (χ2v) is 5.92. The second kappa shape index (κ2) is 4.81. The lowest BCUT2D eigenvalue weighted by atomic mass is 9.96. The standard InChI is InChI=1S/C13H18Cl2N2/c14-8-11-12(9-6-7-9)16-17(13(11)15)10-4-2-1-3-5-10/h9-10H,1-8H2. The van der Waals surface area contributed by atoms with Crippen molar-refractivity contribution in [3.63, 3.8) is 0 Å². The molecule has 17 heavy (non-hydrogen) atoms. The van der Waals surface area contributed by atoms with Crippen LogP contribution in [0.3, 0.4) is 0 Å². The van der Waals surface area contributed by atoms with E-state index in [1.165, 1.54) is 50.6 Å². The van der Waals surface area contributed by atoms with E-state index in [1.807, 2.05) is 0 Å². The van der Waals surface area contributed by atoms with Crippen LogP contribution in [0.1, 0.15) is 68.2 Å². The first-order valence-corrected chi connectivity index (χ1v) is 7.55. The van der Waals surface area contributed by atoms with Gasteiger partial charge in [0.2, 0.25) is 0 Å². The summed E-state index contributed by atoms with van der Waals surface area (Å²) in [5, 5.41) is 5.57. The van der Waals surface area contributed by atoms with Crippen LogP contribution in [0.25, 0.3) is 0 Å². The number of hydrogen-bond acceptors (Lipinski definition) is 1. The first kappa shape index (κ1) is 11.9. The molecule has 0 unspecified atom stereocenters. The van der Waals surface area contributed by atoms with Crippen LogP contribution in [0.15, 0.2) is 0 Å². The average molecular weight is 273 g/mol. The zero-order valence-corrected chi connectivity index (χ0v) is 11.5. The van der Waals surface area contributed by atoms with Gasteiger partial charge in [0.25, 0.3) is 0 Å². The van der Waals surface area contributed by atoms with Gasteiger partial charge in [-0.2, -0.15) is 5.10 Å². The van der Waals surface area contributed by atoms with E-state index in [4.69, 9.17) is 28.3 Å². The maximum atomic E-state index is 6.45. The Bertz CT molecular complexity index is 404. The van der Waals surface area contributed by atoms with Gasteiger partial charge in [-0.1, -0.05) is 30.9 Å². The highest BCUT2D eigenvalue weighted by Crippen LogP contribution is 2.44. The fraction of sp³-hybridized carbons (Fsp3) is 0.769. The van der Waals surface area contributed by atoms with Gasteiger partial charge in [-0.25, -0.2) is 0 Å². The van der Waals surface area contributed by atoms with Crippen LogP contribution in [0.5, 0.6) is 0 Å². The summed E-state index contributed by atoms with van der Waals surface area (Å²) in [5.74, 6) is 1.13. The summed E-state index contributed by atoms with van der Waals surface area (Å²) in [6, 6.07) is 0.505. The van der Waals surface area contributed by atoms with Crippen molar-refractivity contribution >= 4 is 23.2 Å². The van der Waals surface area contributed by atoms with Crippen molar-refractivity contribution in [2.75, 3.05) is 0 Å². The molecule has 0 N–H and O–H groups in total. The van der Waals surface area contributed by atoms with Crippen molar-refractivity contribution < 1.29 is 0 Å². The largest absolute Gasteiger partial charge is 0.250 e. The van der Waals surface area contributed by atoms with E-state index in [2.05, 4.69) is 4.68 Å². The number of nitrogens with zero attached hydrogens (tertiary/aromatic N) is 2. The topological polar surface area (TPSA) is 17.8 Å². The predicted octanol–water partition coefficient (Wildman–Crippen LogP) is 4.66. The number of alkyl halides is 1. The smallest absolute Gasteiger partial charge is 0.132 e. The molecule has 2 saturated carbocycles. The van der Waals surface area contributed by atoms with Crippen molar-refractivity contribution in [3.05, 3.63) is 16.4 Å². The minimum absolute atomic E-state index is 0.497. The Hall–Kier alpha value is -0.210. The highest BCUT2D eigenvalue weighted by molar-refractivity contribution is 6.31. The molecule has 3 rings (SSSR count). The Morgan fingerprint density at radius 3 is 2.41 bits per heavy atom. The van der Waals surface area contributed by atoms with E-state index in [-0.39, 0.29) is 0 Å². The van der Waals surface area contributed by atoms with E-state index in [0.29, 0.717) is 17.8 Å². The summed E-state index contributed by atoms with van der Waals surface area (Å²) in [7, 11) is 0. The molecule has 2 nitrogen and oxygen atoms in total. The normalized spacial score (nSPS) is 22.0. The molecule has 0 aromatic carbocycles. The van der Waals surface area contributed by atoms with Gasteiger partial charge in [0.15, 0.2) is 0 Å². The van der Waals surface area contributed by atoms with Gasteiger partial charge in [0.1, 0.15) is 5.15 Å². The summed E-state index contributed by atoms with van der Waals surface area (Å²) in [4.78, 5) is 0. The second-order valence-electron chi connectivity index (χ2n) is 5.30. The lowest BCUT2D eigenvalue weighted by Gasteiger charge is -2.22. The minimum atomic E-state index is 0.497. The summed E-state index contributed by atoms with van der Waals surface area (Å²) in [5.41, 5.74) is 2.26. The summed E-state index contributed by atoms with van der Waals surface area (Å²) >= 11 is 12.5. The summed E-state index contributed by atoms with van der Waals surface area (Å²) in [6.07, 6.45) is 8.89. The monoisotopic (exact) mass is 272 g/mol. The van der Waals surface area contributed by atoms with E-state index in [1.54, 1.807) is 0 Å². The third-order valence-corrected chi connectivity index (χ3v) is 4.66. The van der Waals surface area contributed by atoms with Gasteiger partial charge in [-0.15, -0.1) is 11.6 Å². The Balaban J connectivity index is 1.92. The van der Waals surface area contributed by atoms with Crippen LogP contribution < -0.4 is 0 Å². The zero-order valence-electron chi connectivity index (χ0n) is 9.96. The van der Waals surface area contributed by atoms with Gasteiger partial charge in [0, 0.05) is 11.5 Å². The highest BCUT2D eigenvalue weighted by atomic mass is 35.5. The predicted molar refractivity (Wildman–Crippen MR) is 70.9 cm³/mol. The fourth-order valence-electron chi connectivity index (χ4n) is 2.84. The molecule has 0 spiro atoms. The lowest BCUT2D eigenvalue weighted by Crippen LogP contribution is -2.14. The molecule has 2 fully saturated rings. The fourth-order valence-corrected chi connectivity index (χ4v) is 3.51. The zero-order chi connectivity index (χ0) is 11.8. The van der Waals surface area contributed by atoms with Crippen LogP contribution in [0, 0.1) is 0 Å². The quantitative estimate of drug-likeness (QED) is 0.732. The molecule has 0 aliphatic heterocycles. The molecule has 4 heteroatoms. The van der Waals surface area contributed by atoms with Crippen LogP contribution in [0.4, 0.5) is 0 Å². The Morgan fingerprint density at radius 2 is 1.82 bits per heavy atom. The van der Waals surface area contributed by atoms with E-state index in [9.17, 15) is 0 Å². The van der Waals surface area contributed by atoms with E-state index in [0.717, 1.165) is 10.7 Å². The molecular formula is C13H18Cl2N2. The molecule has 1 heterocycles. The van der Waals surface area contributed by atoms with E-state index >= 15 is 0 Å². The van der Waals surface area contributed by atoms with Crippen LogP contribution in [-0.2, 0) is 5.88 Å². The molecule has 94 valence electrons. The van der Waals surface area contributed by atoms with Crippen LogP contribution in [-0.4, -0.2) is 9.78 Å². The van der Waals surface area contributed by atoms with Gasteiger partial charge in [0.05, 0.1) is 17.6 Å². The number of halogens is 2. The molecule has 0 radical (unpaired) electrons. The summed E-state index contributed by atoms with van der Waals surface area (Å²) in [6.45, 7) is 0. The number of aromatic nitrogens is 2. The molecule has 0 bridgehead atoms. The maximum Gasteiger partial charge on any atom is 0.132 e. The van der Waals surface area contributed by atoms with Gasteiger partial charge >= 0.3 is 0 Å². The van der Waals surface area contributed by atoms with Gasteiger partial charge in [-0.3, -0.25) is 4.68 Å². The Morgan fingerprint density at radius 1 is 1.12 bits per heavy atom. The first-order valence-electron chi connectivity index (χ1n) is 6.64. The van der Waals surface area contributed by atoms with Crippen molar-refractivity contribution in [3.8, 4) is 0 Å². The highest BCUT2D eigenvalue weighted by Gasteiger charge is 2.32. The van der Waals surface area contributed by atoms with E-state index < -0.39 is 0 Å². The van der Waals surface area contributed by atoms with Gasteiger partial charge in [-0.05, 0) is 25.7 Å². The molecule has 0 atom stereocenters. The van der Waals surface area contributed by atoms with Crippen molar-refractivity contribution in [2.24, 2.45) is 0 Å². The molecular weight excluding hydrogens is 255 g/mol. The Labute approximate surface area is 112 Å². The maximum absolute atomic E-state index is 6.45. The van der Waals surface area contributed by atoms with Crippen LogP contribution in [0.2, 0.25) is 5.15 Å². The number of rotatable bonds is 3. The third-order valence-electron chi connectivity index (χ3n) is 3.99. The number of hydrogen-bond donors (Lipinski definition) is 0. The summed E-state index contributed by atoms with van der Waals surface area (Å²) < 4.78 is 2.06. The molecule has 0 amide bonds. The first-order chi connectivity index (χ1) is 8.31. The van der Waals surface area contributed by atoms with Crippen LogP contribution >= 0.6 is 23.2 Å². The SMILES string of the molecule is ClCc1c(C2CC2)nn(C2CCCCC2)c1Cl. The van der Waals surface area contributed by atoms with Gasteiger partial charge < -0.3 is 0 Å².